The molecule has 0 unspecified atom stereocenters. The quantitative estimate of drug-likeness (QED) is 0.876. The van der Waals surface area contributed by atoms with Crippen molar-refractivity contribution in [1.29, 1.82) is 0 Å². The van der Waals surface area contributed by atoms with Gasteiger partial charge in [0.2, 0.25) is 10.0 Å². The maximum absolute atomic E-state index is 12.1. The number of aromatic nitrogens is 2. The Kier molecular flexibility index (Phi) is 5.00. The van der Waals surface area contributed by atoms with Crippen LogP contribution in [0.15, 0.2) is 41.6 Å². The second-order valence-corrected chi connectivity index (χ2v) is 6.62. The van der Waals surface area contributed by atoms with Crippen LogP contribution in [0.3, 0.4) is 0 Å². The Morgan fingerprint density at radius 1 is 1.43 bits per heavy atom. The second kappa shape index (κ2) is 6.57. The maximum atomic E-state index is 12.1. The first-order valence-corrected chi connectivity index (χ1v) is 8.05. The van der Waals surface area contributed by atoms with Crippen LogP contribution in [0.1, 0.15) is 11.7 Å². The van der Waals surface area contributed by atoms with E-state index in [4.69, 9.17) is 16.3 Å². The minimum Gasteiger partial charge on any atom is -0.375 e. The van der Waals surface area contributed by atoms with Crippen LogP contribution in [0.5, 0.6) is 0 Å². The van der Waals surface area contributed by atoms with E-state index < -0.39 is 16.1 Å². The van der Waals surface area contributed by atoms with Crippen molar-refractivity contribution in [3.8, 4) is 0 Å². The number of aryl methyl sites for hydroxylation is 1. The van der Waals surface area contributed by atoms with Crippen molar-refractivity contribution in [2.24, 2.45) is 7.05 Å². The Labute approximate surface area is 128 Å². The highest BCUT2D eigenvalue weighted by atomic mass is 35.5. The van der Waals surface area contributed by atoms with Gasteiger partial charge >= 0.3 is 0 Å². The van der Waals surface area contributed by atoms with Gasteiger partial charge in [-0.05, 0) is 6.07 Å². The van der Waals surface area contributed by atoms with Gasteiger partial charge in [0, 0.05) is 37.5 Å². The van der Waals surface area contributed by atoms with Gasteiger partial charge in [-0.15, -0.1) is 0 Å². The molecule has 0 fully saturated rings. The normalized spacial score (nSPS) is 13.3. The molecule has 0 aliphatic carbocycles. The fraction of sp³-hybridized carbons (Fsp3) is 0.308. The molecule has 1 atom stereocenters. The van der Waals surface area contributed by atoms with Crippen LogP contribution < -0.4 is 4.72 Å². The largest absolute Gasteiger partial charge is 0.375 e. The molecule has 0 aliphatic heterocycles. The molecule has 0 aliphatic rings. The van der Waals surface area contributed by atoms with Gasteiger partial charge in [-0.3, -0.25) is 4.68 Å². The maximum Gasteiger partial charge on any atom is 0.243 e. The fourth-order valence-corrected chi connectivity index (χ4v) is 3.13. The number of nitrogens with zero attached hydrogens (tertiary/aromatic N) is 2. The van der Waals surface area contributed by atoms with Gasteiger partial charge in [0.05, 0.1) is 12.3 Å². The van der Waals surface area contributed by atoms with Gasteiger partial charge in [0.15, 0.2) is 0 Å². The Morgan fingerprint density at radius 3 is 2.71 bits per heavy atom. The predicted molar refractivity (Wildman–Crippen MR) is 79.6 cm³/mol. The van der Waals surface area contributed by atoms with Crippen molar-refractivity contribution in [3.63, 3.8) is 0 Å². The lowest BCUT2D eigenvalue weighted by Crippen LogP contribution is -2.29. The lowest BCUT2D eigenvalue weighted by atomic mass is 10.1. The van der Waals surface area contributed by atoms with Crippen molar-refractivity contribution in [2.45, 2.75) is 11.0 Å². The molecule has 2 aromatic rings. The van der Waals surface area contributed by atoms with Crippen molar-refractivity contribution in [1.82, 2.24) is 14.5 Å². The zero-order valence-electron chi connectivity index (χ0n) is 11.7. The summed E-state index contributed by atoms with van der Waals surface area (Å²) in [4.78, 5) is 0.110. The first-order chi connectivity index (χ1) is 9.94. The number of nitrogens with one attached hydrogen (secondary N) is 1. The molecule has 8 heteroatoms. The van der Waals surface area contributed by atoms with Crippen LogP contribution in [-0.2, 0) is 21.8 Å². The highest BCUT2D eigenvalue weighted by molar-refractivity contribution is 7.89. The Balaban J connectivity index is 2.12. The molecule has 114 valence electrons. The van der Waals surface area contributed by atoms with Crippen molar-refractivity contribution >= 4 is 21.6 Å². The van der Waals surface area contributed by atoms with Crippen LogP contribution in [0, 0.1) is 0 Å². The average molecular weight is 330 g/mol. The van der Waals surface area contributed by atoms with Gasteiger partial charge in [-0.25, -0.2) is 13.1 Å². The van der Waals surface area contributed by atoms with Crippen molar-refractivity contribution < 1.29 is 13.2 Å². The smallest absolute Gasteiger partial charge is 0.243 e. The minimum atomic E-state index is -3.62. The van der Waals surface area contributed by atoms with Gasteiger partial charge in [0.25, 0.3) is 0 Å². The van der Waals surface area contributed by atoms with Crippen LogP contribution >= 0.6 is 11.6 Å². The summed E-state index contributed by atoms with van der Waals surface area (Å²) < 4.78 is 33.5. The third kappa shape index (κ3) is 3.82. The molecule has 1 N–H and O–H groups in total. The number of halogens is 1. The number of methoxy groups -OCH3 is 1. The molecule has 0 bridgehead atoms. The van der Waals surface area contributed by atoms with E-state index in [2.05, 4.69) is 9.82 Å². The van der Waals surface area contributed by atoms with Crippen LogP contribution in [0.25, 0.3) is 0 Å². The highest BCUT2D eigenvalue weighted by Crippen LogP contribution is 2.24. The van der Waals surface area contributed by atoms with Gasteiger partial charge in [-0.1, -0.05) is 29.8 Å². The predicted octanol–water partition coefficient (Wildman–Crippen LogP) is 1.74. The number of ether oxygens (including phenoxy) is 1. The Hall–Kier alpha value is -1.41. The molecule has 1 aromatic heterocycles. The standard InChI is InChI=1S/C13H16ClN3O3S/c1-17-9-10(7-15-17)21(18,19)16-8-13(20-2)11-5-3-4-6-12(11)14/h3-7,9,13,16H,8H2,1-2H3/t13-/m1/s1. The summed E-state index contributed by atoms with van der Waals surface area (Å²) in [7, 11) is -0.462. The lowest BCUT2D eigenvalue weighted by molar-refractivity contribution is 0.107. The molecule has 1 heterocycles. The summed E-state index contributed by atoms with van der Waals surface area (Å²) in [6, 6.07) is 7.16. The summed E-state index contributed by atoms with van der Waals surface area (Å²) >= 11 is 6.10. The fourth-order valence-electron chi connectivity index (χ4n) is 1.86. The van der Waals surface area contributed by atoms with Crippen LogP contribution in [-0.4, -0.2) is 31.9 Å². The summed E-state index contributed by atoms with van der Waals surface area (Å²) in [6.45, 7) is 0.0808. The molecular weight excluding hydrogens is 314 g/mol. The van der Waals surface area contributed by atoms with E-state index in [9.17, 15) is 8.42 Å². The van der Waals surface area contributed by atoms with E-state index in [1.54, 1.807) is 25.2 Å². The number of benzene rings is 1. The summed E-state index contributed by atoms with van der Waals surface area (Å²) in [5.74, 6) is 0. The lowest BCUT2D eigenvalue weighted by Gasteiger charge is -2.17. The molecule has 21 heavy (non-hydrogen) atoms. The van der Waals surface area contributed by atoms with Gasteiger partial charge in [-0.2, -0.15) is 5.10 Å². The average Bonchev–Trinajstić information content (AvgIpc) is 2.89. The minimum absolute atomic E-state index is 0.0808. The molecule has 2 rings (SSSR count). The highest BCUT2D eigenvalue weighted by Gasteiger charge is 2.20. The number of sulfonamides is 1. The molecule has 0 radical (unpaired) electrons. The Bertz CT molecular complexity index is 715. The van der Waals surface area contributed by atoms with Gasteiger partial charge < -0.3 is 4.74 Å². The number of hydrogen-bond acceptors (Lipinski definition) is 4. The molecule has 0 amide bonds. The molecule has 0 saturated carbocycles. The topological polar surface area (TPSA) is 73.2 Å². The zero-order valence-corrected chi connectivity index (χ0v) is 13.2. The summed E-state index contributed by atoms with van der Waals surface area (Å²) in [5, 5.41) is 4.38. The van der Waals surface area contributed by atoms with E-state index in [0.717, 1.165) is 5.56 Å². The van der Waals surface area contributed by atoms with E-state index in [-0.39, 0.29) is 11.4 Å². The molecule has 1 aromatic carbocycles. The first kappa shape index (κ1) is 16.0. The van der Waals surface area contributed by atoms with E-state index >= 15 is 0 Å². The zero-order chi connectivity index (χ0) is 15.5. The van der Waals surface area contributed by atoms with Crippen LogP contribution in [0.2, 0.25) is 5.02 Å². The van der Waals surface area contributed by atoms with Crippen LogP contribution in [0.4, 0.5) is 0 Å². The van der Waals surface area contributed by atoms with E-state index in [0.29, 0.717) is 5.02 Å². The van der Waals surface area contributed by atoms with Crippen molar-refractivity contribution in [3.05, 3.63) is 47.2 Å². The number of hydrogen-bond donors (Lipinski definition) is 1. The third-order valence-corrected chi connectivity index (χ3v) is 4.71. The summed E-state index contributed by atoms with van der Waals surface area (Å²) in [5.41, 5.74) is 0.732. The molecule has 6 nitrogen and oxygen atoms in total. The summed E-state index contributed by atoms with van der Waals surface area (Å²) in [6.07, 6.45) is 2.25. The number of rotatable bonds is 6. The van der Waals surface area contributed by atoms with E-state index in [1.807, 2.05) is 6.07 Å². The van der Waals surface area contributed by atoms with Crippen molar-refractivity contribution in [2.75, 3.05) is 13.7 Å². The molecule has 0 saturated heterocycles. The SMILES string of the molecule is CO[C@H](CNS(=O)(=O)c1cnn(C)c1)c1ccccc1Cl. The third-order valence-electron chi connectivity index (χ3n) is 2.99. The van der Waals surface area contributed by atoms with Gasteiger partial charge in [0.1, 0.15) is 4.90 Å². The first-order valence-electron chi connectivity index (χ1n) is 6.19. The molecule has 0 spiro atoms. The monoisotopic (exact) mass is 329 g/mol. The molecular formula is C13H16ClN3O3S. The second-order valence-electron chi connectivity index (χ2n) is 4.45. The van der Waals surface area contributed by atoms with E-state index in [1.165, 1.54) is 24.2 Å². The Morgan fingerprint density at radius 2 is 2.14 bits per heavy atom.